The molecule has 0 unspecified atom stereocenters. The number of rotatable bonds is 7. The maximum absolute atomic E-state index is 5.49. The van der Waals surface area contributed by atoms with E-state index in [4.69, 9.17) is 4.74 Å². The van der Waals surface area contributed by atoms with Crippen molar-refractivity contribution in [3.63, 3.8) is 0 Å². The Morgan fingerprint density at radius 3 is 2.56 bits per heavy atom. The molecule has 1 aromatic heterocycles. The van der Waals surface area contributed by atoms with E-state index in [9.17, 15) is 0 Å². The van der Waals surface area contributed by atoms with E-state index in [1.54, 1.807) is 7.11 Å². The van der Waals surface area contributed by atoms with Gasteiger partial charge in [-0.05, 0) is 62.0 Å². The quantitative estimate of drug-likeness (QED) is 0.570. The largest absolute Gasteiger partial charge is 0.497 e. The van der Waals surface area contributed by atoms with Crippen LogP contribution in [0.2, 0.25) is 0 Å². The van der Waals surface area contributed by atoms with E-state index < -0.39 is 0 Å². The van der Waals surface area contributed by atoms with Crippen molar-refractivity contribution < 1.29 is 4.74 Å². The molecule has 0 aliphatic carbocycles. The molecule has 0 amide bonds. The summed E-state index contributed by atoms with van der Waals surface area (Å²) in [4.78, 5) is 2.61. The zero-order valence-electron chi connectivity index (χ0n) is 16.4. The first-order chi connectivity index (χ1) is 13.3. The zero-order chi connectivity index (χ0) is 18.5. The van der Waals surface area contributed by atoms with Crippen LogP contribution in [0.3, 0.4) is 0 Å². The zero-order valence-corrected chi connectivity index (χ0v) is 16.4. The molecule has 1 aliphatic heterocycles. The van der Waals surface area contributed by atoms with Crippen molar-refractivity contribution in [1.29, 1.82) is 0 Å². The first-order valence-electron chi connectivity index (χ1n) is 10.3. The van der Waals surface area contributed by atoms with E-state index >= 15 is 0 Å². The van der Waals surface area contributed by atoms with Crippen LogP contribution in [0.15, 0.2) is 54.7 Å². The van der Waals surface area contributed by atoms with E-state index in [2.05, 4.69) is 64.2 Å². The summed E-state index contributed by atoms with van der Waals surface area (Å²) >= 11 is 0. The molecule has 142 valence electrons. The highest BCUT2D eigenvalue weighted by molar-refractivity contribution is 5.85. The van der Waals surface area contributed by atoms with Crippen molar-refractivity contribution in [2.45, 2.75) is 45.2 Å². The Kier molecular flexibility index (Phi) is 5.78. The number of nitrogens with zero attached hydrogens (tertiary/aromatic N) is 2. The highest BCUT2D eigenvalue weighted by Crippen LogP contribution is 2.28. The van der Waals surface area contributed by atoms with Crippen LogP contribution in [-0.2, 0) is 19.5 Å². The van der Waals surface area contributed by atoms with E-state index in [0.717, 1.165) is 31.7 Å². The Morgan fingerprint density at radius 1 is 0.963 bits per heavy atom. The second kappa shape index (κ2) is 8.62. The number of likely N-dealkylation sites (tertiary alicyclic amines) is 1. The number of hydrogen-bond acceptors (Lipinski definition) is 2. The maximum atomic E-state index is 5.49. The van der Waals surface area contributed by atoms with Crippen molar-refractivity contribution in [2.24, 2.45) is 0 Å². The predicted octanol–water partition coefficient (Wildman–Crippen LogP) is 5.27. The Bertz CT molecular complexity index is 863. The summed E-state index contributed by atoms with van der Waals surface area (Å²) in [6, 6.07) is 17.3. The van der Waals surface area contributed by atoms with Crippen molar-refractivity contribution in [2.75, 3.05) is 20.2 Å². The molecule has 2 aromatic carbocycles. The molecule has 0 atom stereocenters. The highest BCUT2D eigenvalue weighted by Gasteiger charge is 2.15. The standard InChI is InChI=1S/C24H30N2O/c1-27-22-12-13-23-21(18-25-14-6-3-7-15-25)19-26(24(23)17-22)16-8-11-20-9-4-2-5-10-20/h2,4-5,9-10,12-13,17,19H,3,6-8,11,14-16,18H2,1H3. The summed E-state index contributed by atoms with van der Waals surface area (Å²) in [5, 5.41) is 1.38. The van der Waals surface area contributed by atoms with Gasteiger partial charge in [-0.2, -0.15) is 0 Å². The predicted molar refractivity (Wildman–Crippen MR) is 112 cm³/mol. The topological polar surface area (TPSA) is 17.4 Å². The summed E-state index contributed by atoms with van der Waals surface area (Å²) in [7, 11) is 1.75. The first-order valence-corrected chi connectivity index (χ1v) is 10.3. The van der Waals surface area contributed by atoms with Gasteiger partial charge in [0.25, 0.3) is 0 Å². The van der Waals surface area contributed by atoms with Crippen molar-refractivity contribution in [3.05, 3.63) is 65.9 Å². The second-order valence-electron chi connectivity index (χ2n) is 7.66. The molecule has 0 saturated carbocycles. The number of aromatic nitrogens is 1. The van der Waals surface area contributed by atoms with Gasteiger partial charge in [-0.3, -0.25) is 4.90 Å². The summed E-state index contributed by atoms with van der Waals surface area (Å²) in [5.74, 6) is 0.939. The fourth-order valence-corrected chi connectivity index (χ4v) is 4.24. The van der Waals surface area contributed by atoms with Crippen LogP contribution >= 0.6 is 0 Å². The first kappa shape index (κ1) is 18.1. The lowest BCUT2D eigenvalue weighted by atomic mass is 10.1. The van der Waals surface area contributed by atoms with Crippen LogP contribution in [0, 0.1) is 0 Å². The van der Waals surface area contributed by atoms with Gasteiger partial charge in [0.1, 0.15) is 5.75 Å². The van der Waals surface area contributed by atoms with E-state index in [1.807, 2.05) is 0 Å². The molecule has 4 rings (SSSR count). The third-order valence-electron chi connectivity index (χ3n) is 5.72. The molecule has 3 heteroatoms. The van der Waals surface area contributed by atoms with Crippen molar-refractivity contribution in [1.82, 2.24) is 9.47 Å². The minimum Gasteiger partial charge on any atom is -0.497 e. The Labute approximate surface area is 162 Å². The van der Waals surface area contributed by atoms with Gasteiger partial charge < -0.3 is 9.30 Å². The highest BCUT2D eigenvalue weighted by atomic mass is 16.5. The van der Waals surface area contributed by atoms with Gasteiger partial charge >= 0.3 is 0 Å². The van der Waals surface area contributed by atoms with Gasteiger partial charge in [0.05, 0.1) is 12.6 Å². The third-order valence-corrected chi connectivity index (χ3v) is 5.72. The summed E-state index contributed by atoms with van der Waals surface area (Å²) in [5.41, 5.74) is 4.17. The molecule has 0 bridgehead atoms. The average Bonchev–Trinajstić information content (AvgIpc) is 3.06. The molecule has 1 saturated heterocycles. The molecule has 1 aliphatic rings. The summed E-state index contributed by atoms with van der Waals surface area (Å²) in [6.07, 6.45) is 8.70. The molecular weight excluding hydrogens is 332 g/mol. The number of ether oxygens (including phenoxy) is 1. The van der Waals surface area contributed by atoms with Gasteiger partial charge in [0.15, 0.2) is 0 Å². The molecular formula is C24H30N2O. The Morgan fingerprint density at radius 2 is 1.78 bits per heavy atom. The molecule has 0 radical (unpaired) electrons. The lowest BCUT2D eigenvalue weighted by Gasteiger charge is -2.26. The second-order valence-corrected chi connectivity index (χ2v) is 7.66. The minimum atomic E-state index is 0.939. The molecule has 0 N–H and O–H groups in total. The number of piperidine rings is 1. The van der Waals surface area contributed by atoms with E-state index in [0.29, 0.717) is 0 Å². The SMILES string of the molecule is COc1ccc2c(CN3CCCCC3)cn(CCCc3ccccc3)c2c1. The Balaban J connectivity index is 1.54. The van der Waals surface area contributed by atoms with Gasteiger partial charge in [0, 0.05) is 30.7 Å². The normalized spacial score (nSPS) is 15.3. The number of methoxy groups -OCH3 is 1. The molecule has 2 heterocycles. The van der Waals surface area contributed by atoms with Gasteiger partial charge in [-0.25, -0.2) is 0 Å². The average molecular weight is 363 g/mol. The van der Waals surface area contributed by atoms with Crippen LogP contribution in [0.5, 0.6) is 5.75 Å². The van der Waals surface area contributed by atoms with Crippen molar-refractivity contribution >= 4 is 10.9 Å². The lowest BCUT2D eigenvalue weighted by Crippen LogP contribution is -2.28. The van der Waals surface area contributed by atoms with Crippen molar-refractivity contribution in [3.8, 4) is 5.75 Å². The van der Waals surface area contributed by atoms with E-state index in [-0.39, 0.29) is 0 Å². The minimum absolute atomic E-state index is 0.939. The fourth-order valence-electron chi connectivity index (χ4n) is 4.24. The van der Waals surface area contributed by atoms with Gasteiger partial charge in [-0.15, -0.1) is 0 Å². The molecule has 3 aromatic rings. The van der Waals surface area contributed by atoms with Gasteiger partial charge in [-0.1, -0.05) is 36.8 Å². The number of hydrogen-bond donors (Lipinski definition) is 0. The smallest absolute Gasteiger partial charge is 0.120 e. The third kappa shape index (κ3) is 4.36. The number of benzene rings is 2. The summed E-state index contributed by atoms with van der Waals surface area (Å²) in [6.45, 7) is 4.57. The molecule has 3 nitrogen and oxygen atoms in total. The van der Waals surface area contributed by atoms with Gasteiger partial charge in [0.2, 0.25) is 0 Å². The fraction of sp³-hybridized carbons (Fsp3) is 0.417. The van der Waals surface area contributed by atoms with Crippen LogP contribution in [0.1, 0.15) is 36.8 Å². The monoisotopic (exact) mass is 362 g/mol. The van der Waals surface area contributed by atoms with Crippen LogP contribution in [0.25, 0.3) is 10.9 Å². The molecule has 27 heavy (non-hydrogen) atoms. The summed E-state index contributed by atoms with van der Waals surface area (Å²) < 4.78 is 7.92. The van der Waals surface area contributed by atoms with Crippen LogP contribution in [-0.4, -0.2) is 29.7 Å². The van der Waals surface area contributed by atoms with Crippen LogP contribution < -0.4 is 4.74 Å². The maximum Gasteiger partial charge on any atom is 0.120 e. The molecule has 0 spiro atoms. The molecule has 1 fully saturated rings. The number of fused-ring (bicyclic) bond motifs is 1. The number of aryl methyl sites for hydroxylation is 2. The van der Waals surface area contributed by atoms with Crippen LogP contribution in [0.4, 0.5) is 0 Å². The Hall–Kier alpha value is -2.26. The van der Waals surface area contributed by atoms with E-state index in [1.165, 1.54) is 54.4 Å². The lowest BCUT2D eigenvalue weighted by molar-refractivity contribution is 0.221.